The average molecular weight is 541 g/mol. The fraction of sp³-hybridized carbons (Fsp3) is 0.259. The fourth-order valence-corrected chi connectivity index (χ4v) is 5.25. The van der Waals surface area contributed by atoms with Gasteiger partial charge < -0.3 is 20.5 Å². The van der Waals surface area contributed by atoms with Crippen molar-refractivity contribution in [3.63, 3.8) is 0 Å². The molecule has 1 atom stereocenters. The summed E-state index contributed by atoms with van der Waals surface area (Å²) in [6.45, 7) is 5.68. The first kappa shape index (κ1) is 27.9. The molecule has 0 aliphatic carbocycles. The molecular weight excluding hydrogens is 512 g/mol. The minimum atomic E-state index is -1.04. The number of aryl methyl sites for hydroxylation is 1. The van der Waals surface area contributed by atoms with E-state index in [-0.39, 0.29) is 25.4 Å². The van der Waals surface area contributed by atoms with E-state index in [4.69, 9.17) is 9.84 Å². The van der Waals surface area contributed by atoms with E-state index >= 15 is 0 Å². The number of hydrogen-bond donors (Lipinski definition) is 3. The number of carboxylic acids is 1. The van der Waals surface area contributed by atoms with Gasteiger partial charge in [-0.25, -0.2) is 4.79 Å². The van der Waals surface area contributed by atoms with Crippen LogP contribution in [-0.4, -0.2) is 40.7 Å². The highest BCUT2D eigenvalue weighted by Crippen LogP contribution is 2.37. The molecule has 8 nitrogen and oxygen atoms in total. The lowest BCUT2D eigenvalue weighted by Crippen LogP contribution is -2.23. The molecule has 3 rings (SSSR count). The molecule has 0 spiro atoms. The van der Waals surface area contributed by atoms with Crippen molar-refractivity contribution >= 4 is 57.5 Å². The molecular formula is C27H28N2O6S2. The van der Waals surface area contributed by atoms with Gasteiger partial charge in [0.1, 0.15) is 10.6 Å². The summed E-state index contributed by atoms with van der Waals surface area (Å²) in [5, 5.41) is 16.0. The number of carbonyl (C=O) groups excluding carboxylic acids is 3. The van der Waals surface area contributed by atoms with E-state index in [2.05, 4.69) is 10.6 Å². The number of hydrogen-bond acceptors (Lipinski definition) is 7. The first-order valence-corrected chi connectivity index (χ1v) is 13.4. The van der Waals surface area contributed by atoms with Gasteiger partial charge in [0, 0.05) is 27.9 Å². The molecule has 1 aromatic heterocycles. The molecule has 0 saturated heterocycles. The third-order valence-corrected chi connectivity index (χ3v) is 7.22. The van der Waals surface area contributed by atoms with Gasteiger partial charge in [0.25, 0.3) is 0 Å². The van der Waals surface area contributed by atoms with Gasteiger partial charge in [0.05, 0.1) is 18.3 Å². The number of ether oxygens (including phenoxy) is 1. The Bertz CT molecular complexity index is 1290. The number of carboxylic acid groups (broad SMARTS) is 1. The van der Waals surface area contributed by atoms with Crippen molar-refractivity contribution in [1.82, 2.24) is 0 Å². The maximum atomic E-state index is 13.0. The molecule has 0 fully saturated rings. The van der Waals surface area contributed by atoms with E-state index in [0.717, 1.165) is 16.0 Å². The van der Waals surface area contributed by atoms with Gasteiger partial charge in [0.15, 0.2) is 0 Å². The van der Waals surface area contributed by atoms with Crippen LogP contribution in [-0.2, 0) is 19.1 Å². The Balaban J connectivity index is 1.72. The van der Waals surface area contributed by atoms with E-state index in [9.17, 15) is 19.2 Å². The van der Waals surface area contributed by atoms with Crippen molar-refractivity contribution in [2.45, 2.75) is 43.8 Å². The lowest BCUT2D eigenvalue weighted by atomic mass is 10.0. The van der Waals surface area contributed by atoms with Gasteiger partial charge in [-0.05, 0) is 44.5 Å². The molecule has 10 heteroatoms. The van der Waals surface area contributed by atoms with Crippen LogP contribution in [0.2, 0.25) is 0 Å². The molecule has 3 N–H and O–H groups in total. The molecule has 194 valence electrons. The zero-order valence-corrected chi connectivity index (χ0v) is 22.3. The molecule has 0 aliphatic rings. The minimum absolute atomic E-state index is 0.125. The van der Waals surface area contributed by atoms with Crippen molar-refractivity contribution in [2.75, 3.05) is 17.2 Å². The van der Waals surface area contributed by atoms with E-state index in [1.165, 1.54) is 23.1 Å². The van der Waals surface area contributed by atoms with Crippen LogP contribution in [0.1, 0.15) is 42.6 Å². The van der Waals surface area contributed by atoms with Crippen LogP contribution in [0.25, 0.3) is 11.1 Å². The number of thioether (sulfide) groups is 1. The summed E-state index contributed by atoms with van der Waals surface area (Å²) in [6, 6.07) is 14.7. The molecule has 37 heavy (non-hydrogen) atoms. The molecule has 0 aliphatic heterocycles. The van der Waals surface area contributed by atoms with Crippen molar-refractivity contribution in [3.05, 3.63) is 65.0 Å². The summed E-state index contributed by atoms with van der Waals surface area (Å²) < 4.78 is 5.27. The van der Waals surface area contributed by atoms with Crippen LogP contribution >= 0.6 is 23.1 Å². The summed E-state index contributed by atoms with van der Waals surface area (Å²) in [5.41, 5.74) is 3.49. The number of anilines is 2. The Labute approximate surface area is 223 Å². The average Bonchev–Trinajstić information content (AvgIpc) is 3.27. The number of rotatable bonds is 11. The Morgan fingerprint density at radius 3 is 2.46 bits per heavy atom. The molecule has 1 unspecified atom stereocenters. The Hall–Kier alpha value is -3.63. The van der Waals surface area contributed by atoms with Crippen LogP contribution in [0.15, 0.2) is 58.8 Å². The first-order valence-electron chi connectivity index (χ1n) is 11.6. The standard InChI is InChI=1S/C27H28N2O6S2/c1-4-35-27(34)24-21(18-10-8-16(2)9-11-18)15-36-26(24)29-25(33)17(3)37-20-7-5-6-19(14-20)28-22(30)12-13-23(31)32/h5-11,14-15,17H,4,12-13H2,1-3H3,(H,28,30)(H,29,33)(H,31,32). The summed E-state index contributed by atoms with van der Waals surface area (Å²) in [7, 11) is 0. The quantitative estimate of drug-likeness (QED) is 0.207. The Morgan fingerprint density at radius 2 is 1.78 bits per heavy atom. The van der Waals surface area contributed by atoms with Gasteiger partial charge in [-0.15, -0.1) is 23.1 Å². The van der Waals surface area contributed by atoms with E-state index in [1.54, 1.807) is 32.0 Å². The summed E-state index contributed by atoms with van der Waals surface area (Å²) in [5.74, 6) is -2.23. The Kier molecular flexibility index (Phi) is 9.87. The topological polar surface area (TPSA) is 122 Å². The summed E-state index contributed by atoms with van der Waals surface area (Å²) in [6.07, 6.45) is -0.376. The van der Waals surface area contributed by atoms with Gasteiger partial charge in [0.2, 0.25) is 11.8 Å². The normalized spacial score (nSPS) is 11.4. The smallest absolute Gasteiger partial charge is 0.341 e. The third kappa shape index (κ3) is 7.93. The van der Waals surface area contributed by atoms with Crippen LogP contribution in [0, 0.1) is 6.92 Å². The number of esters is 1. The van der Waals surface area contributed by atoms with Gasteiger partial charge in [-0.2, -0.15) is 0 Å². The van der Waals surface area contributed by atoms with Gasteiger partial charge >= 0.3 is 11.9 Å². The lowest BCUT2D eigenvalue weighted by Gasteiger charge is -2.14. The van der Waals surface area contributed by atoms with E-state index < -0.39 is 23.1 Å². The SMILES string of the molecule is CCOC(=O)c1c(-c2ccc(C)cc2)csc1NC(=O)C(C)Sc1cccc(NC(=O)CCC(=O)O)c1. The number of benzene rings is 2. The number of amides is 2. The summed E-state index contributed by atoms with van der Waals surface area (Å²) >= 11 is 2.56. The van der Waals surface area contributed by atoms with Crippen molar-refractivity contribution in [1.29, 1.82) is 0 Å². The molecule has 0 saturated carbocycles. The lowest BCUT2D eigenvalue weighted by molar-refractivity contribution is -0.138. The van der Waals surface area contributed by atoms with E-state index in [1.807, 2.05) is 42.6 Å². The van der Waals surface area contributed by atoms with E-state index in [0.29, 0.717) is 21.8 Å². The number of aliphatic carboxylic acids is 1. The molecule has 3 aromatic rings. The van der Waals surface area contributed by atoms with Crippen LogP contribution < -0.4 is 10.6 Å². The predicted octanol–water partition coefficient (Wildman–Crippen LogP) is 5.82. The summed E-state index contributed by atoms with van der Waals surface area (Å²) in [4.78, 5) is 49.2. The zero-order valence-electron chi connectivity index (χ0n) is 20.7. The molecule has 2 aromatic carbocycles. The van der Waals surface area contributed by atoms with Crippen molar-refractivity contribution in [2.24, 2.45) is 0 Å². The highest BCUT2D eigenvalue weighted by Gasteiger charge is 2.24. The number of carbonyl (C=O) groups is 4. The number of nitrogens with one attached hydrogen (secondary N) is 2. The molecule has 0 bridgehead atoms. The molecule has 2 amide bonds. The van der Waals surface area contributed by atoms with Crippen LogP contribution in [0.4, 0.5) is 10.7 Å². The zero-order chi connectivity index (χ0) is 26.9. The van der Waals surface area contributed by atoms with Crippen molar-refractivity contribution < 1.29 is 29.0 Å². The number of thiophene rings is 1. The maximum Gasteiger partial charge on any atom is 0.341 e. The highest BCUT2D eigenvalue weighted by molar-refractivity contribution is 8.00. The van der Waals surface area contributed by atoms with Gasteiger partial charge in [-0.3, -0.25) is 14.4 Å². The van der Waals surface area contributed by atoms with Gasteiger partial charge in [-0.1, -0.05) is 35.9 Å². The van der Waals surface area contributed by atoms with Crippen LogP contribution in [0.5, 0.6) is 0 Å². The first-order chi connectivity index (χ1) is 17.7. The third-order valence-electron chi connectivity index (χ3n) is 5.24. The minimum Gasteiger partial charge on any atom is -0.481 e. The highest BCUT2D eigenvalue weighted by atomic mass is 32.2. The second-order valence-electron chi connectivity index (χ2n) is 8.16. The fourth-order valence-electron chi connectivity index (χ4n) is 3.36. The van der Waals surface area contributed by atoms with Crippen molar-refractivity contribution in [3.8, 4) is 11.1 Å². The predicted molar refractivity (Wildman–Crippen MR) is 146 cm³/mol. The maximum absolute atomic E-state index is 13.0. The Morgan fingerprint density at radius 1 is 1.05 bits per heavy atom. The largest absolute Gasteiger partial charge is 0.481 e. The second kappa shape index (κ2) is 13.1. The monoisotopic (exact) mass is 540 g/mol. The second-order valence-corrected chi connectivity index (χ2v) is 10.5. The van der Waals surface area contributed by atoms with Crippen LogP contribution in [0.3, 0.4) is 0 Å². The molecule has 0 radical (unpaired) electrons. The molecule has 1 heterocycles.